The van der Waals surface area contributed by atoms with Crippen LogP contribution >= 0.6 is 11.8 Å². The number of rotatable bonds is 5. The third kappa shape index (κ3) is 3.58. The second kappa shape index (κ2) is 8.43. The van der Waals surface area contributed by atoms with Gasteiger partial charge >= 0.3 is 0 Å². The first-order valence-corrected chi connectivity index (χ1v) is 11.9. The van der Waals surface area contributed by atoms with Crippen LogP contribution in [0.3, 0.4) is 0 Å². The summed E-state index contributed by atoms with van der Waals surface area (Å²) in [6, 6.07) is 13.6. The normalized spacial score (nSPS) is 14.4. The van der Waals surface area contributed by atoms with Crippen LogP contribution in [0.15, 0.2) is 52.4 Å². The number of aromatic nitrogens is 4. The fraction of sp³-hybridized carbons (Fsp3) is 0.333. The minimum absolute atomic E-state index is 0.00538. The Morgan fingerprint density at radius 2 is 1.88 bits per heavy atom. The van der Waals surface area contributed by atoms with Crippen molar-refractivity contribution in [2.75, 3.05) is 5.75 Å². The smallest absolute Gasteiger partial charge is 0.267 e. The molecule has 8 heteroatoms. The van der Waals surface area contributed by atoms with Crippen LogP contribution < -0.4 is 10.9 Å². The van der Waals surface area contributed by atoms with Gasteiger partial charge in [0.1, 0.15) is 0 Å². The number of nitrogens with zero attached hydrogens (tertiary/aromatic N) is 4. The van der Waals surface area contributed by atoms with E-state index >= 15 is 0 Å². The molecule has 0 bridgehead atoms. The zero-order valence-electron chi connectivity index (χ0n) is 18.2. The van der Waals surface area contributed by atoms with Gasteiger partial charge in [0.15, 0.2) is 5.16 Å². The summed E-state index contributed by atoms with van der Waals surface area (Å²) in [4.78, 5) is 26.0. The van der Waals surface area contributed by atoms with E-state index in [9.17, 15) is 9.59 Å². The van der Waals surface area contributed by atoms with Crippen LogP contribution in [0.4, 0.5) is 0 Å². The van der Waals surface area contributed by atoms with Crippen LogP contribution in [0, 0.1) is 13.8 Å². The van der Waals surface area contributed by atoms with Crippen molar-refractivity contribution in [2.24, 2.45) is 0 Å². The van der Waals surface area contributed by atoms with Crippen LogP contribution in [0.1, 0.15) is 36.8 Å². The summed E-state index contributed by atoms with van der Waals surface area (Å²) in [5.41, 5.74) is 3.49. The standard InChI is InChI=1S/C24H25N5O2S/c1-15-8-7-13-19(16(15)2)28-22(31)18-11-5-6-12-20(18)29-23(28)26-27-24(29)32-14-21(30)25-17-9-3-4-10-17/h5-8,11-13,17H,3-4,9-10,14H2,1-2H3,(H,25,30). The Kier molecular flexibility index (Phi) is 5.46. The number of fused-ring (bicyclic) bond motifs is 3. The van der Waals surface area contributed by atoms with E-state index in [4.69, 9.17) is 0 Å². The molecule has 0 spiro atoms. The molecular weight excluding hydrogens is 422 g/mol. The van der Waals surface area contributed by atoms with Crippen LogP contribution in [0.5, 0.6) is 0 Å². The predicted octanol–water partition coefficient (Wildman–Crippen LogP) is 3.80. The van der Waals surface area contributed by atoms with Gasteiger partial charge in [-0.05, 0) is 56.0 Å². The molecule has 1 saturated carbocycles. The number of nitrogens with one attached hydrogen (secondary N) is 1. The Balaban J connectivity index is 1.61. The number of para-hydroxylation sites is 1. The average Bonchev–Trinajstić information content (AvgIpc) is 3.45. The van der Waals surface area contributed by atoms with Crippen molar-refractivity contribution in [1.29, 1.82) is 0 Å². The van der Waals surface area contributed by atoms with Crippen molar-refractivity contribution in [3.63, 3.8) is 0 Å². The van der Waals surface area contributed by atoms with Gasteiger partial charge in [-0.2, -0.15) is 0 Å². The molecule has 5 rings (SSSR count). The first kappa shape index (κ1) is 20.8. The molecule has 2 aromatic heterocycles. The lowest BCUT2D eigenvalue weighted by Gasteiger charge is -2.14. The Morgan fingerprint density at radius 3 is 2.69 bits per heavy atom. The van der Waals surface area contributed by atoms with Crippen molar-refractivity contribution in [3.05, 3.63) is 63.9 Å². The van der Waals surface area contributed by atoms with Crippen LogP contribution in [-0.4, -0.2) is 36.9 Å². The van der Waals surface area contributed by atoms with Crippen molar-refractivity contribution in [1.82, 2.24) is 24.5 Å². The number of hydrogen-bond donors (Lipinski definition) is 1. The van der Waals surface area contributed by atoms with Gasteiger partial charge in [-0.3, -0.25) is 14.0 Å². The van der Waals surface area contributed by atoms with E-state index in [1.807, 2.05) is 60.7 Å². The van der Waals surface area contributed by atoms with Crippen molar-refractivity contribution in [2.45, 2.75) is 50.7 Å². The Morgan fingerprint density at radius 1 is 1.09 bits per heavy atom. The summed E-state index contributed by atoms with van der Waals surface area (Å²) in [6.07, 6.45) is 4.46. The number of thioether (sulfide) groups is 1. The molecule has 1 N–H and O–H groups in total. The molecule has 1 aliphatic carbocycles. The maximum Gasteiger partial charge on any atom is 0.267 e. The highest BCUT2D eigenvalue weighted by Gasteiger charge is 2.21. The number of amides is 1. The molecule has 0 radical (unpaired) electrons. The van der Waals surface area contributed by atoms with Gasteiger partial charge in [-0.25, -0.2) is 4.57 Å². The van der Waals surface area contributed by atoms with Gasteiger partial charge in [0.25, 0.3) is 5.56 Å². The van der Waals surface area contributed by atoms with Gasteiger partial charge in [-0.15, -0.1) is 10.2 Å². The van der Waals surface area contributed by atoms with E-state index in [1.54, 1.807) is 4.57 Å². The van der Waals surface area contributed by atoms with Gasteiger partial charge < -0.3 is 5.32 Å². The minimum atomic E-state index is -0.135. The van der Waals surface area contributed by atoms with Gasteiger partial charge in [0.05, 0.1) is 22.3 Å². The summed E-state index contributed by atoms with van der Waals surface area (Å²) < 4.78 is 3.51. The summed E-state index contributed by atoms with van der Waals surface area (Å²) in [5, 5.41) is 13.0. The molecule has 32 heavy (non-hydrogen) atoms. The molecule has 0 unspecified atom stereocenters. The van der Waals surface area contributed by atoms with Crippen LogP contribution in [-0.2, 0) is 4.79 Å². The Labute approximate surface area is 189 Å². The molecule has 2 heterocycles. The number of aryl methyl sites for hydroxylation is 1. The van der Waals surface area contributed by atoms with Gasteiger partial charge in [0, 0.05) is 6.04 Å². The Hall–Kier alpha value is -3.13. The molecule has 1 amide bonds. The molecule has 7 nitrogen and oxygen atoms in total. The number of benzene rings is 2. The van der Waals surface area contributed by atoms with Crippen molar-refractivity contribution < 1.29 is 4.79 Å². The molecule has 1 aliphatic rings. The van der Waals surface area contributed by atoms with E-state index in [1.165, 1.54) is 24.6 Å². The zero-order valence-corrected chi connectivity index (χ0v) is 19.0. The third-order valence-electron chi connectivity index (χ3n) is 6.26. The maximum atomic E-state index is 13.5. The molecule has 4 aromatic rings. The highest BCUT2D eigenvalue weighted by molar-refractivity contribution is 7.99. The van der Waals surface area contributed by atoms with Crippen LogP contribution in [0.25, 0.3) is 22.4 Å². The van der Waals surface area contributed by atoms with Gasteiger partial charge in [0.2, 0.25) is 11.7 Å². The zero-order chi connectivity index (χ0) is 22.2. The van der Waals surface area contributed by atoms with E-state index in [0.717, 1.165) is 35.2 Å². The van der Waals surface area contributed by atoms with E-state index < -0.39 is 0 Å². The average molecular weight is 448 g/mol. The fourth-order valence-corrected chi connectivity index (χ4v) is 5.19. The predicted molar refractivity (Wildman–Crippen MR) is 127 cm³/mol. The summed E-state index contributed by atoms with van der Waals surface area (Å²) in [5.74, 6) is 0.709. The van der Waals surface area contributed by atoms with E-state index in [2.05, 4.69) is 15.5 Å². The second-order valence-electron chi connectivity index (χ2n) is 8.33. The summed E-state index contributed by atoms with van der Waals surface area (Å²) >= 11 is 1.34. The fourth-order valence-electron chi connectivity index (χ4n) is 4.44. The second-order valence-corrected chi connectivity index (χ2v) is 9.27. The highest BCUT2D eigenvalue weighted by Crippen LogP contribution is 2.25. The third-order valence-corrected chi connectivity index (χ3v) is 7.19. The number of hydrogen-bond acceptors (Lipinski definition) is 5. The van der Waals surface area contributed by atoms with E-state index in [-0.39, 0.29) is 23.3 Å². The maximum absolute atomic E-state index is 13.5. The Bertz CT molecular complexity index is 1380. The first-order valence-electron chi connectivity index (χ1n) is 10.9. The van der Waals surface area contributed by atoms with Gasteiger partial charge in [-0.1, -0.05) is 48.9 Å². The minimum Gasteiger partial charge on any atom is -0.353 e. The molecule has 0 aliphatic heterocycles. The molecule has 0 atom stereocenters. The molecule has 2 aromatic carbocycles. The quantitative estimate of drug-likeness (QED) is 0.471. The number of carbonyl (C=O) groups is 1. The van der Waals surface area contributed by atoms with Crippen molar-refractivity contribution >= 4 is 34.3 Å². The van der Waals surface area contributed by atoms with Crippen LogP contribution in [0.2, 0.25) is 0 Å². The van der Waals surface area contributed by atoms with E-state index in [0.29, 0.717) is 16.3 Å². The summed E-state index contributed by atoms with van der Waals surface area (Å²) in [7, 11) is 0. The lowest BCUT2D eigenvalue weighted by atomic mass is 10.1. The molecule has 0 saturated heterocycles. The van der Waals surface area contributed by atoms with Crippen molar-refractivity contribution in [3.8, 4) is 5.69 Å². The SMILES string of the molecule is Cc1cccc(-n2c(=O)c3ccccc3n3c(SCC(=O)NC4CCCC4)nnc23)c1C. The lowest BCUT2D eigenvalue weighted by Crippen LogP contribution is -2.33. The summed E-state index contributed by atoms with van der Waals surface area (Å²) in [6.45, 7) is 4.03. The first-order chi connectivity index (χ1) is 15.5. The molecule has 1 fully saturated rings. The monoisotopic (exact) mass is 447 g/mol. The largest absolute Gasteiger partial charge is 0.353 e. The highest BCUT2D eigenvalue weighted by atomic mass is 32.2. The molecule has 164 valence electrons. The number of carbonyl (C=O) groups excluding carboxylic acids is 1. The topological polar surface area (TPSA) is 81.3 Å². The lowest BCUT2D eigenvalue weighted by molar-refractivity contribution is -0.119. The molecular formula is C24H25N5O2S.